The second-order valence-electron chi connectivity index (χ2n) is 18.1. The van der Waals surface area contributed by atoms with Gasteiger partial charge in [0.15, 0.2) is 0 Å². The molecule has 0 saturated carbocycles. The average molecular weight is 942 g/mol. The van der Waals surface area contributed by atoms with Crippen LogP contribution in [0.15, 0.2) is 280 Å². The van der Waals surface area contributed by atoms with E-state index in [1.165, 1.54) is 109 Å². The largest absolute Gasteiger partial charge is 0.309 e. The highest BCUT2D eigenvalue weighted by Gasteiger charge is 2.26. The van der Waals surface area contributed by atoms with E-state index in [1.807, 2.05) is 23.5 Å². The third kappa shape index (κ3) is 7.24. The zero-order chi connectivity index (χ0) is 46.8. The molecule has 0 N–H and O–H groups in total. The van der Waals surface area contributed by atoms with Gasteiger partial charge >= 0.3 is 0 Å². The van der Waals surface area contributed by atoms with Crippen LogP contribution in [0.4, 0.5) is 34.1 Å². The summed E-state index contributed by atoms with van der Waals surface area (Å²) in [5, 5.41) is 2.47. The second-order valence-corrected chi connectivity index (χ2v) is 20.3. The number of nitrogens with zero attached hydrogens (tertiary/aromatic N) is 3. The quantitative estimate of drug-likeness (QED) is 0.158. The normalized spacial score (nSPS) is 12.6. The molecule has 0 fully saturated rings. The maximum Gasteiger partial charge on any atom is 0.0601 e. The van der Waals surface area contributed by atoms with Crippen LogP contribution < -0.4 is 9.80 Å². The Balaban J connectivity index is 0.763. The van der Waals surface area contributed by atoms with Crippen LogP contribution in [0.2, 0.25) is 0 Å². The van der Waals surface area contributed by atoms with Gasteiger partial charge in [0, 0.05) is 47.4 Å². The average Bonchev–Trinajstić information content (AvgIpc) is 3.77. The monoisotopic (exact) mass is 941 g/mol. The first kappa shape index (κ1) is 41.5. The van der Waals surface area contributed by atoms with Crippen LogP contribution in [-0.2, 0) is 0 Å². The molecule has 0 amide bonds. The van der Waals surface area contributed by atoms with Crippen LogP contribution in [0.25, 0.3) is 72.0 Å². The number of anilines is 6. The van der Waals surface area contributed by atoms with Crippen molar-refractivity contribution in [3.8, 4) is 50.2 Å². The number of fused-ring (bicyclic) bond motifs is 7. The van der Waals surface area contributed by atoms with Crippen LogP contribution in [0.3, 0.4) is 0 Å². The van der Waals surface area contributed by atoms with E-state index in [1.54, 1.807) is 0 Å². The number of aromatic nitrogens is 1. The Morgan fingerprint density at radius 1 is 0.225 bits per heavy atom. The summed E-state index contributed by atoms with van der Waals surface area (Å²) in [5.74, 6) is 0. The van der Waals surface area contributed by atoms with Crippen molar-refractivity contribution in [1.82, 2.24) is 4.57 Å². The third-order valence-electron chi connectivity index (χ3n) is 14.0. The van der Waals surface area contributed by atoms with Crippen molar-refractivity contribution in [2.24, 2.45) is 0 Å². The summed E-state index contributed by atoms with van der Waals surface area (Å²) in [7, 11) is 0. The van der Waals surface area contributed by atoms with E-state index in [0.717, 1.165) is 17.1 Å². The Bertz CT molecular complexity index is 3640. The molecule has 11 aromatic carbocycles. The van der Waals surface area contributed by atoms with Crippen LogP contribution in [0, 0.1) is 0 Å². The molecular weight excluding hydrogens is 899 g/mol. The van der Waals surface area contributed by atoms with Gasteiger partial charge in [-0.15, -0.1) is 0 Å². The number of hydrogen-bond donors (Lipinski definition) is 0. The van der Waals surface area contributed by atoms with Gasteiger partial charge in [-0.1, -0.05) is 175 Å². The van der Waals surface area contributed by atoms with E-state index < -0.39 is 0 Å². The summed E-state index contributed by atoms with van der Waals surface area (Å²) >= 11 is 3.67. The lowest BCUT2D eigenvalue weighted by atomic mass is 9.97. The number of hydrogen-bond acceptors (Lipinski definition) is 4. The number of rotatable bonds is 7. The second kappa shape index (κ2) is 17.2. The van der Waals surface area contributed by atoms with Crippen LogP contribution in [0.1, 0.15) is 0 Å². The summed E-state index contributed by atoms with van der Waals surface area (Å²) < 4.78 is 2.40. The first-order chi connectivity index (χ1) is 35.2. The highest BCUT2D eigenvalue weighted by atomic mass is 32.2. The van der Waals surface area contributed by atoms with E-state index in [9.17, 15) is 0 Å². The molecule has 2 aliphatic rings. The van der Waals surface area contributed by atoms with Gasteiger partial charge in [0.1, 0.15) is 0 Å². The molecule has 334 valence electrons. The maximum absolute atomic E-state index is 2.40. The molecule has 14 rings (SSSR count). The van der Waals surface area contributed by atoms with Gasteiger partial charge in [-0.3, -0.25) is 0 Å². The van der Waals surface area contributed by atoms with Crippen molar-refractivity contribution in [2.75, 3.05) is 9.80 Å². The molecule has 0 unspecified atom stereocenters. The minimum Gasteiger partial charge on any atom is -0.309 e. The predicted octanol–water partition coefficient (Wildman–Crippen LogP) is 19.3. The lowest BCUT2D eigenvalue weighted by Gasteiger charge is -2.32. The molecule has 0 radical (unpaired) electrons. The predicted molar refractivity (Wildman–Crippen MR) is 300 cm³/mol. The van der Waals surface area contributed by atoms with Gasteiger partial charge in [-0.25, -0.2) is 0 Å². The van der Waals surface area contributed by atoms with Gasteiger partial charge in [0.05, 0.1) is 33.8 Å². The molecule has 1 aromatic heterocycles. The topological polar surface area (TPSA) is 11.4 Å². The molecule has 0 bridgehead atoms. The summed E-state index contributed by atoms with van der Waals surface area (Å²) in [6, 6.07) is 95.4. The Hall–Kier alpha value is -8.48. The van der Waals surface area contributed by atoms with E-state index >= 15 is 0 Å². The van der Waals surface area contributed by atoms with Gasteiger partial charge in [0.25, 0.3) is 0 Å². The summed E-state index contributed by atoms with van der Waals surface area (Å²) in [4.78, 5) is 9.83. The van der Waals surface area contributed by atoms with Crippen molar-refractivity contribution in [1.29, 1.82) is 0 Å². The highest BCUT2D eigenvalue weighted by Crippen LogP contribution is 2.53. The van der Waals surface area contributed by atoms with Gasteiger partial charge in [-0.05, 0) is 154 Å². The summed E-state index contributed by atoms with van der Waals surface area (Å²) in [6.07, 6.45) is 0. The van der Waals surface area contributed by atoms with Gasteiger partial charge in [0.2, 0.25) is 0 Å². The van der Waals surface area contributed by atoms with Crippen molar-refractivity contribution in [3.63, 3.8) is 0 Å². The fourth-order valence-electron chi connectivity index (χ4n) is 10.5. The fourth-order valence-corrected chi connectivity index (χ4v) is 12.6. The molecule has 3 nitrogen and oxygen atoms in total. The molecule has 3 heterocycles. The van der Waals surface area contributed by atoms with Crippen LogP contribution in [0.5, 0.6) is 0 Å². The van der Waals surface area contributed by atoms with Crippen molar-refractivity contribution in [2.45, 2.75) is 19.6 Å². The number of para-hydroxylation sites is 5. The minimum absolute atomic E-state index is 1.15. The lowest BCUT2D eigenvalue weighted by molar-refractivity contribution is 1.17. The van der Waals surface area contributed by atoms with E-state index in [2.05, 4.69) is 275 Å². The maximum atomic E-state index is 2.40. The third-order valence-corrected chi connectivity index (χ3v) is 16.3. The first-order valence-electron chi connectivity index (χ1n) is 24.1. The Kier molecular flexibility index (Phi) is 10.0. The zero-order valence-corrected chi connectivity index (χ0v) is 40.1. The zero-order valence-electron chi connectivity index (χ0n) is 38.5. The van der Waals surface area contributed by atoms with E-state index in [4.69, 9.17) is 0 Å². The van der Waals surface area contributed by atoms with E-state index in [-0.39, 0.29) is 0 Å². The van der Waals surface area contributed by atoms with E-state index in [0.29, 0.717) is 0 Å². The summed E-state index contributed by atoms with van der Waals surface area (Å²) in [5.41, 5.74) is 20.2. The minimum atomic E-state index is 1.15. The molecule has 2 aliphatic heterocycles. The number of benzene rings is 11. The Morgan fingerprint density at radius 2 is 0.507 bits per heavy atom. The molecular formula is C66H43N3S2. The molecule has 0 saturated heterocycles. The molecule has 71 heavy (non-hydrogen) atoms. The lowest BCUT2D eigenvalue weighted by Crippen LogP contribution is -2.14. The molecule has 0 aliphatic carbocycles. The SMILES string of the molecule is c1ccc(-n2c3ccc(-c4ccc(-c5ccc(N6c7ccccc7Sc7ccccc76)cc5)cc4)cc3c3cc(-c4ccc(-c5ccc(N6c7ccccc7Sc7ccccc76)cc5)cc4)ccc32)cc1. The Morgan fingerprint density at radius 3 is 0.859 bits per heavy atom. The van der Waals surface area contributed by atoms with Crippen LogP contribution >= 0.6 is 23.5 Å². The van der Waals surface area contributed by atoms with Crippen molar-refractivity contribution < 1.29 is 0 Å². The molecule has 12 aromatic rings. The Labute approximate surface area is 421 Å². The fraction of sp³-hybridized carbons (Fsp3) is 0. The first-order valence-corrected chi connectivity index (χ1v) is 25.7. The standard InChI is InChI=1S/C66H43N3S2/c1-2-12-52(13-3-1)67-57-40-34-50(48-26-22-44(23-27-48)46-30-36-53(37-31-46)68-59-14-4-8-18-63(59)70-64-19-9-5-15-60(64)68)42-55(57)56-43-51(35-41-58(56)67)49-28-24-45(25-29-49)47-32-38-54(39-33-47)69-61-16-6-10-20-65(61)71-66-21-11-7-17-62(66)69/h1-43H. The summed E-state index contributed by atoms with van der Waals surface area (Å²) in [6.45, 7) is 0. The highest BCUT2D eigenvalue weighted by molar-refractivity contribution is 8.00. The van der Waals surface area contributed by atoms with Gasteiger partial charge < -0.3 is 14.4 Å². The smallest absolute Gasteiger partial charge is 0.0601 e. The molecule has 0 atom stereocenters. The van der Waals surface area contributed by atoms with Crippen molar-refractivity contribution >= 4 is 79.5 Å². The molecule has 5 heteroatoms. The van der Waals surface area contributed by atoms with Gasteiger partial charge in [-0.2, -0.15) is 0 Å². The van der Waals surface area contributed by atoms with Crippen LogP contribution in [-0.4, -0.2) is 4.57 Å². The van der Waals surface area contributed by atoms with Crippen molar-refractivity contribution in [3.05, 3.63) is 261 Å². The molecule has 0 spiro atoms.